The van der Waals surface area contributed by atoms with E-state index in [4.69, 9.17) is 9.47 Å². The number of hydrogen-bond donors (Lipinski definition) is 1. The number of nitrogens with zero attached hydrogens (tertiary/aromatic N) is 5. The number of hydrogen-bond acceptors (Lipinski definition) is 7. The Kier molecular flexibility index (Phi) is 4.90. The van der Waals surface area contributed by atoms with Crippen LogP contribution in [0.2, 0.25) is 0 Å². The van der Waals surface area contributed by atoms with Gasteiger partial charge in [-0.2, -0.15) is 0 Å². The number of rotatable bonds is 5. The van der Waals surface area contributed by atoms with Gasteiger partial charge in [0.05, 0.1) is 43.3 Å². The smallest absolute Gasteiger partial charge is 0.245 e. The first-order valence-electron chi connectivity index (χ1n) is 9.86. The predicted octanol–water partition coefficient (Wildman–Crippen LogP) is 3.38. The number of nitrogens with one attached hydrogen (secondary N) is 1. The molecule has 5 rings (SSSR count). The van der Waals surface area contributed by atoms with Crippen molar-refractivity contribution in [2.45, 2.75) is 0 Å². The van der Waals surface area contributed by atoms with Crippen LogP contribution >= 0.6 is 0 Å². The molecule has 4 heterocycles. The summed E-state index contributed by atoms with van der Waals surface area (Å²) in [5.41, 5.74) is 4.78. The summed E-state index contributed by atoms with van der Waals surface area (Å²) in [7, 11) is 1.62. The summed E-state index contributed by atoms with van der Waals surface area (Å²) >= 11 is 0. The third-order valence-corrected chi connectivity index (χ3v) is 5.14. The molecular weight excluding hydrogens is 380 g/mol. The molecule has 1 aliphatic rings. The zero-order chi connectivity index (χ0) is 20.3. The van der Waals surface area contributed by atoms with E-state index < -0.39 is 0 Å². The minimum absolute atomic E-state index is 0.516. The number of morpholine rings is 1. The summed E-state index contributed by atoms with van der Waals surface area (Å²) < 4.78 is 12.7. The second-order valence-corrected chi connectivity index (χ2v) is 6.97. The first-order chi connectivity index (χ1) is 14.8. The molecule has 1 saturated heterocycles. The van der Waals surface area contributed by atoms with Crippen molar-refractivity contribution in [1.29, 1.82) is 0 Å². The van der Waals surface area contributed by atoms with Crippen molar-refractivity contribution in [2.75, 3.05) is 43.6 Å². The van der Waals surface area contributed by atoms with Gasteiger partial charge in [0.1, 0.15) is 0 Å². The molecule has 8 nitrogen and oxygen atoms in total. The Hall–Kier alpha value is -3.65. The summed E-state index contributed by atoms with van der Waals surface area (Å²) in [6, 6.07) is 16.1. The van der Waals surface area contributed by atoms with Crippen molar-refractivity contribution in [3.8, 4) is 17.1 Å². The molecule has 0 radical (unpaired) electrons. The Bertz CT molecular complexity index is 1150. The average molecular weight is 402 g/mol. The lowest BCUT2D eigenvalue weighted by molar-refractivity contribution is 0.122. The molecule has 1 aromatic carbocycles. The predicted molar refractivity (Wildman–Crippen MR) is 116 cm³/mol. The second kappa shape index (κ2) is 8.00. The summed E-state index contributed by atoms with van der Waals surface area (Å²) in [5, 5.41) is 7.97. The van der Waals surface area contributed by atoms with Crippen LogP contribution in [0.5, 0.6) is 5.88 Å². The van der Waals surface area contributed by atoms with E-state index in [1.807, 2.05) is 40.9 Å². The molecule has 0 bridgehead atoms. The molecule has 1 aliphatic heterocycles. The van der Waals surface area contributed by atoms with Gasteiger partial charge in [0.2, 0.25) is 11.8 Å². The topological polar surface area (TPSA) is 76.8 Å². The number of fused-ring (bicyclic) bond motifs is 1. The van der Waals surface area contributed by atoms with Crippen LogP contribution in [-0.4, -0.2) is 53.0 Å². The fraction of sp³-hybridized carbons (Fsp3) is 0.227. The van der Waals surface area contributed by atoms with Crippen molar-refractivity contribution < 1.29 is 9.47 Å². The van der Waals surface area contributed by atoms with E-state index in [2.05, 4.69) is 37.4 Å². The highest BCUT2D eigenvalue weighted by Gasteiger charge is 2.13. The molecule has 1 N–H and O–H groups in total. The lowest BCUT2D eigenvalue weighted by atomic mass is 10.2. The quantitative estimate of drug-likeness (QED) is 0.548. The fourth-order valence-electron chi connectivity index (χ4n) is 3.62. The molecule has 0 atom stereocenters. The molecule has 3 aromatic heterocycles. The standard InChI is InChI=1S/C22H22N6O2/c1-29-21-19(3-2-10-23-21)20-9-8-18-15-24-22(26-28(18)20)25-16-4-6-17(7-5-16)27-11-13-30-14-12-27/h2-10,15H,11-14H2,1H3,(H,25,26). The summed E-state index contributed by atoms with van der Waals surface area (Å²) in [6.07, 6.45) is 3.50. The van der Waals surface area contributed by atoms with E-state index in [-0.39, 0.29) is 0 Å². The van der Waals surface area contributed by atoms with Gasteiger partial charge >= 0.3 is 0 Å². The Labute approximate surface area is 174 Å². The van der Waals surface area contributed by atoms with Crippen LogP contribution in [0.25, 0.3) is 16.8 Å². The van der Waals surface area contributed by atoms with Crippen molar-refractivity contribution in [2.24, 2.45) is 0 Å². The van der Waals surface area contributed by atoms with Crippen LogP contribution in [0.1, 0.15) is 0 Å². The van der Waals surface area contributed by atoms with Crippen molar-refractivity contribution in [3.63, 3.8) is 0 Å². The molecule has 0 unspecified atom stereocenters. The third-order valence-electron chi connectivity index (χ3n) is 5.14. The number of pyridine rings is 1. The average Bonchev–Trinajstić information content (AvgIpc) is 3.23. The van der Waals surface area contributed by atoms with Gasteiger partial charge in [-0.3, -0.25) is 0 Å². The van der Waals surface area contributed by atoms with Crippen LogP contribution in [0.4, 0.5) is 17.3 Å². The van der Waals surface area contributed by atoms with E-state index in [1.54, 1.807) is 19.5 Å². The molecular formula is C22H22N6O2. The lowest BCUT2D eigenvalue weighted by Crippen LogP contribution is -2.36. The molecule has 1 fully saturated rings. The molecule has 0 spiro atoms. The summed E-state index contributed by atoms with van der Waals surface area (Å²) in [5.74, 6) is 1.08. The molecule has 0 amide bonds. The van der Waals surface area contributed by atoms with Crippen molar-refractivity contribution in [3.05, 3.63) is 60.9 Å². The Balaban J connectivity index is 1.41. The normalized spacial score (nSPS) is 14.1. The van der Waals surface area contributed by atoms with Crippen LogP contribution in [0.15, 0.2) is 60.9 Å². The summed E-state index contributed by atoms with van der Waals surface area (Å²) in [6.45, 7) is 3.38. The Morgan fingerprint density at radius 2 is 1.83 bits per heavy atom. The monoisotopic (exact) mass is 402 g/mol. The summed E-state index contributed by atoms with van der Waals surface area (Å²) in [4.78, 5) is 11.1. The van der Waals surface area contributed by atoms with E-state index in [0.29, 0.717) is 11.8 Å². The van der Waals surface area contributed by atoms with E-state index in [9.17, 15) is 0 Å². The van der Waals surface area contributed by atoms with Crippen LogP contribution in [0.3, 0.4) is 0 Å². The van der Waals surface area contributed by atoms with Gasteiger partial charge in [-0.25, -0.2) is 14.5 Å². The largest absolute Gasteiger partial charge is 0.481 e. The van der Waals surface area contributed by atoms with Crippen LogP contribution < -0.4 is 15.0 Å². The maximum Gasteiger partial charge on any atom is 0.245 e. The highest BCUT2D eigenvalue weighted by molar-refractivity contribution is 5.70. The molecule has 4 aromatic rings. The van der Waals surface area contributed by atoms with E-state index >= 15 is 0 Å². The van der Waals surface area contributed by atoms with Crippen molar-refractivity contribution in [1.82, 2.24) is 19.6 Å². The van der Waals surface area contributed by atoms with Crippen LogP contribution in [0, 0.1) is 0 Å². The minimum Gasteiger partial charge on any atom is -0.481 e. The number of methoxy groups -OCH3 is 1. The van der Waals surface area contributed by atoms with E-state index in [0.717, 1.165) is 48.8 Å². The number of aromatic nitrogens is 4. The Morgan fingerprint density at radius 1 is 1.00 bits per heavy atom. The maximum atomic E-state index is 5.42. The van der Waals surface area contributed by atoms with E-state index in [1.165, 1.54) is 5.69 Å². The number of ether oxygens (including phenoxy) is 2. The first kappa shape index (κ1) is 18.4. The highest BCUT2D eigenvalue weighted by atomic mass is 16.5. The van der Waals surface area contributed by atoms with Gasteiger partial charge in [-0.15, -0.1) is 5.10 Å². The van der Waals surface area contributed by atoms with Gasteiger partial charge in [0.25, 0.3) is 0 Å². The molecule has 8 heteroatoms. The lowest BCUT2D eigenvalue weighted by Gasteiger charge is -2.28. The fourth-order valence-corrected chi connectivity index (χ4v) is 3.62. The first-order valence-corrected chi connectivity index (χ1v) is 9.86. The third kappa shape index (κ3) is 3.53. The zero-order valence-corrected chi connectivity index (χ0v) is 16.7. The Morgan fingerprint density at radius 3 is 2.63 bits per heavy atom. The molecule has 152 valence electrons. The van der Waals surface area contributed by atoms with Gasteiger partial charge in [0, 0.05) is 30.7 Å². The maximum absolute atomic E-state index is 5.42. The van der Waals surface area contributed by atoms with Crippen molar-refractivity contribution >= 4 is 22.8 Å². The highest BCUT2D eigenvalue weighted by Crippen LogP contribution is 2.29. The SMILES string of the molecule is COc1ncccc1-c1ccc2cnc(Nc3ccc(N4CCOCC4)cc3)nn12. The van der Waals surface area contributed by atoms with Gasteiger partial charge in [0.15, 0.2) is 0 Å². The second-order valence-electron chi connectivity index (χ2n) is 6.97. The molecule has 0 aliphatic carbocycles. The van der Waals surface area contributed by atoms with Gasteiger partial charge in [-0.1, -0.05) is 0 Å². The van der Waals surface area contributed by atoms with Crippen LogP contribution in [-0.2, 0) is 4.74 Å². The molecule has 0 saturated carbocycles. The van der Waals surface area contributed by atoms with Gasteiger partial charge in [-0.05, 0) is 48.5 Å². The number of anilines is 3. The minimum atomic E-state index is 0.516. The zero-order valence-electron chi connectivity index (χ0n) is 16.7. The van der Waals surface area contributed by atoms with Gasteiger partial charge < -0.3 is 19.7 Å². The number of benzene rings is 1. The molecule has 30 heavy (non-hydrogen) atoms.